The summed E-state index contributed by atoms with van der Waals surface area (Å²) in [6.07, 6.45) is 0. The molecule has 0 radical (unpaired) electrons. The van der Waals surface area contributed by atoms with Gasteiger partial charge in [-0.25, -0.2) is 0 Å². The Hall–Kier alpha value is -2.23. The van der Waals surface area contributed by atoms with Gasteiger partial charge in [-0.1, -0.05) is 20.8 Å². The average Bonchev–Trinajstić information content (AvgIpc) is 2.48. The highest BCUT2D eigenvalue weighted by molar-refractivity contribution is 14.1. The molecule has 8 heteroatoms. The number of hydrogen-bond acceptors (Lipinski definition) is 5. The van der Waals surface area contributed by atoms with Crippen molar-refractivity contribution in [2.75, 3.05) is 5.32 Å². The number of rotatable bonds is 4. The normalized spacial score (nSPS) is 11.2. The van der Waals surface area contributed by atoms with Crippen LogP contribution < -0.4 is 5.32 Å². The van der Waals surface area contributed by atoms with Crippen LogP contribution >= 0.6 is 22.6 Å². The fourth-order valence-electron chi connectivity index (χ4n) is 2.14. The van der Waals surface area contributed by atoms with Crippen molar-refractivity contribution in [1.29, 1.82) is 0 Å². The van der Waals surface area contributed by atoms with Gasteiger partial charge in [0.25, 0.3) is 11.4 Å². The van der Waals surface area contributed by atoms with Gasteiger partial charge in [0, 0.05) is 21.4 Å². The lowest BCUT2D eigenvalue weighted by atomic mass is 9.86. The third-order valence-electron chi connectivity index (χ3n) is 3.47. The Labute approximate surface area is 152 Å². The molecule has 0 aromatic heterocycles. The van der Waals surface area contributed by atoms with Crippen molar-refractivity contribution < 1.29 is 9.85 Å². The van der Waals surface area contributed by atoms with Crippen molar-refractivity contribution in [3.8, 4) is 0 Å². The van der Waals surface area contributed by atoms with E-state index in [1.165, 1.54) is 12.1 Å². The summed E-state index contributed by atoms with van der Waals surface area (Å²) in [5.41, 5.74) is -0.101. The minimum atomic E-state index is -0.600. The van der Waals surface area contributed by atoms with Gasteiger partial charge in [-0.2, -0.15) is 0 Å². The van der Waals surface area contributed by atoms with E-state index in [1.54, 1.807) is 12.1 Å². The summed E-state index contributed by atoms with van der Waals surface area (Å²) in [7, 11) is 0. The lowest BCUT2D eigenvalue weighted by molar-refractivity contribution is -0.392. The zero-order valence-corrected chi connectivity index (χ0v) is 15.5. The van der Waals surface area contributed by atoms with E-state index < -0.39 is 15.3 Å². The predicted molar refractivity (Wildman–Crippen MR) is 101 cm³/mol. The highest BCUT2D eigenvalue weighted by Crippen LogP contribution is 2.40. The van der Waals surface area contributed by atoms with E-state index in [4.69, 9.17) is 0 Å². The van der Waals surface area contributed by atoms with Gasteiger partial charge in [-0.05, 0) is 57.8 Å². The van der Waals surface area contributed by atoms with E-state index >= 15 is 0 Å². The summed E-state index contributed by atoms with van der Waals surface area (Å²) in [4.78, 5) is 21.7. The van der Waals surface area contributed by atoms with Gasteiger partial charge in [-0.3, -0.25) is 20.2 Å². The Kier molecular flexibility index (Phi) is 5.07. The summed E-state index contributed by atoms with van der Waals surface area (Å²) in [6.45, 7) is 5.55. The monoisotopic (exact) mass is 441 g/mol. The highest BCUT2D eigenvalue weighted by atomic mass is 127. The summed E-state index contributed by atoms with van der Waals surface area (Å²) in [5.74, 6) is 0. The minimum Gasteiger partial charge on any atom is -0.344 e. The average molecular weight is 441 g/mol. The van der Waals surface area contributed by atoms with Crippen LogP contribution in [0, 0.1) is 23.8 Å². The van der Waals surface area contributed by atoms with Crippen LogP contribution in [-0.2, 0) is 5.41 Å². The van der Waals surface area contributed by atoms with Crippen molar-refractivity contribution in [1.82, 2.24) is 0 Å². The standard InChI is InChI=1S/C16H16IN3O4/c1-16(2,3)10-8-13(19(21)22)15(14(9-10)20(23)24)18-12-6-4-11(17)5-7-12/h4-9,18H,1-3H3. The molecule has 2 aromatic rings. The molecule has 0 bridgehead atoms. The van der Waals surface area contributed by atoms with Crippen LogP contribution in [-0.4, -0.2) is 9.85 Å². The topological polar surface area (TPSA) is 98.3 Å². The number of nitrogens with one attached hydrogen (secondary N) is 1. The number of hydrogen-bond donors (Lipinski definition) is 1. The molecule has 0 atom stereocenters. The van der Waals surface area contributed by atoms with E-state index in [2.05, 4.69) is 27.9 Å². The maximum absolute atomic E-state index is 11.5. The second-order valence-electron chi connectivity index (χ2n) is 6.29. The van der Waals surface area contributed by atoms with Crippen LogP contribution in [0.5, 0.6) is 0 Å². The molecule has 0 fully saturated rings. The molecule has 0 aliphatic rings. The van der Waals surface area contributed by atoms with Gasteiger partial charge >= 0.3 is 0 Å². The van der Waals surface area contributed by atoms with Crippen LogP contribution in [0.3, 0.4) is 0 Å². The Balaban J connectivity index is 2.65. The predicted octanol–water partition coefficient (Wildman–Crippen LogP) is 5.15. The zero-order valence-electron chi connectivity index (χ0n) is 13.4. The van der Waals surface area contributed by atoms with Crippen LogP contribution in [0.2, 0.25) is 0 Å². The largest absolute Gasteiger partial charge is 0.344 e. The number of nitro groups is 2. The van der Waals surface area contributed by atoms with Gasteiger partial charge < -0.3 is 5.32 Å². The molecular formula is C16H16IN3O4. The Morgan fingerprint density at radius 1 is 0.958 bits per heavy atom. The van der Waals surface area contributed by atoms with Gasteiger partial charge in [0.1, 0.15) is 0 Å². The lowest BCUT2D eigenvalue weighted by Crippen LogP contribution is -2.13. The maximum Gasteiger partial charge on any atom is 0.300 e. The van der Waals surface area contributed by atoms with E-state index in [0.29, 0.717) is 11.3 Å². The molecule has 2 aromatic carbocycles. The smallest absolute Gasteiger partial charge is 0.300 e. The molecule has 2 rings (SSSR count). The third kappa shape index (κ3) is 3.99. The molecule has 0 spiro atoms. The Bertz CT molecular complexity index is 763. The molecule has 0 aliphatic carbocycles. The molecule has 0 saturated heterocycles. The molecule has 0 amide bonds. The van der Waals surface area contributed by atoms with Crippen LogP contribution in [0.1, 0.15) is 26.3 Å². The molecule has 126 valence electrons. The first-order valence-electron chi connectivity index (χ1n) is 7.09. The van der Waals surface area contributed by atoms with Gasteiger partial charge in [-0.15, -0.1) is 0 Å². The SMILES string of the molecule is CC(C)(C)c1cc([N+](=O)[O-])c(Nc2ccc(I)cc2)c([N+](=O)[O-])c1. The van der Waals surface area contributed by atoms with E-state index in [0.717, 1.165) is 3.57 Å². The molecular weight excluding hydrogens is 425 g/mol. The summed E-state index contributed by atoms with van der Waals surface area (Å²) >= 11 is 2.13. The van der Waals surface area contributed by atoms with Gasteiger partial charge in [0.05, 0.1) is 9.85 Å². The van der Waals surface area contributed by atoms with Crippen LogP contribution in [0.25, 0.3) is 0 Å². The number of halogens is 1. The first kappa shape index (κ1) is 18.1. The van der Waals surface area contributed by atoms with Crippen molar-refractivity contribution in [3.63, 3.8) is 0 Å². The first-order valence-corrected chi connectivity index (χ1v) is 8.17. The first-order chi connectivity index (χ1) is 11.1. The Morgan fingerprint density at radius 3 is 1.79 bits per heavy atom. The minimum absolute atomic E-state index is 0.112. The van der Waals surface area contributed by atoms with Crippen LogP contribution in [0.4, 0.5) is 22.7 Å². The maximum atomic E-state index is 11.5. The molecule has 7 nitrogen and oxygen atoms in total. The van der Waals surface area contributed by atoms with Crippen molar-refractivity contribution in [2.24, 2.45) is 0 Å². The van der Waals surface area contributed by atoms with Crippen LogP contribution in [0.15, 0.2) is 36.4 Å². The van der Waals surface area contributed by atoms with Gasteiger partial charge in [0.15, 0.2) is 5.69 Å². The summed E-state index contributed by atoms with van der Waals surface area (Å²) < 4.78 is 0.991. The molecule has 1 N–H and O–H groups in total. The number of nitro benzene ring substituents is 2. The van der Waals surface area contributed by atoms with Gasteiger partial charge in [0.2, 0.25) is 0 Å². The van der Waals surface area contributed by atoms with Crippen molar-refractivity contribution >= 4 is 45.3 Å². The van der Waals surface area contributed by atoms with E-state index in [-0.39, 0.29) is 17.1 Å². The number of nitrogens with zero attached hydrogens (tertiary/aromatic N) is 2. The van der Waals surface area contributed by atoms with Crippen molar-refractivity contribution in [3.05, 3.63) is 65.8 Å². The zero-order chi connectivity index (χ0) is 18.1. The second-order valence-corrected chi connectivity index (χ2v) is 7.53. The van der Waals surface area contributed by atoms with E-state index in [9.17, 15) is 20.2 Å². The molecule has 0 aliphatic heterocycles. The fraction of sp³-hybridized carbons (Fsp3) is 0.250. The number of anilines is 2. The molecule has 0 heterocycles. The molecule has 24 heavy (non-hydrogen) atoms. The summed E-state index contributed by atoms with van der Waals surface area (Å²) in [6, 6.07) is 9.83. The second kappa shape index (κ2) is 6.71. The van der Waals surface area contributed by atoms with Crippen molar-refractivity contribution in [2.45, 2.75) is 26.2 Å². The third-order valence-corrected chi connectivity index (χ3v) is 4.19. The molecule has 0 unspecified atom stereocenters. The lowest BCUT2D eigenvalue weighted by Gasteiger charge is -2.19. The number of benzene rings is 2. The summed E-state index contributed by atoms with van der Waals surface area (Å²) in [5, 5.41) is 25.7. The molecule has 0 saturated carbocycles. The Morgan fingerprint density at radius 2 is 1.42 bits per heavy atom. The fourth-order valence-corrected chi connectivity index (χ4v) is 2.50. The van der Waals surface area contributed by atoms with E-state index in [1.807, 2.05) is 32.9 Å². The highest BCUT2D eigenvalue weighted by Gasteiger charge is 2.30. The quantitative estimate of drug-likeness (QED) is 0.402.